The van der Waals surface area contributed by atoms with Crippen molar-refractivity contribution in [3.05, 3.63) is 83.9 Å². The number of nitriles is 1. The lowest BCUT2D eigenvalue weighted by Gasteiger charge is -2.05. The SMILES string of the molecule is N#Cc1ccc(N=Nc2ccc(-c3ccc(C(=O)[O-])cc3)cc2)cc1. The van der Waals surface area contributed by atoms with Crippen LogP contribution in [0.3, 0.4) is 0 Å². The van der Waals surface area contributed by atoms with Crippen molar-refractivity contribution in [3.63, 3.8) is 0 Å². The Labute approximate surface area is 144 Å². The van der Waals surface area contributed by atoms with Crippen molar-refractivity contribution in [3.8, 4) is 17.2 Å². The Morgan fingerprint density at radius 2 is 1.20 bits per heavy atom. The van der Waals surface area contributed by atoms with Crippen molar-refractivity contribution in [2.75, 3.05) is 0 Å². The molecule has 0 unspecified atom stereocenters. The lowest BCUT2D eigenvalue weighted by molar-refractivity contribution is -0.255. The van der Waals surface area contributed by atoms with E-state index < -0.39 is 5.97 Å². The molecule has 0 spiro atoms. The first-order chi connectivity index (χ1) is 12.2. The summed E-state index contributed by atoms with van der Waals surface area (Å²) in [5.74, 6) is -1.19. The fraction of sp³-hybridized carbons (Fsp3) is 0. The molecule has 5 heteroatoms. The Hall–Kier alpha value is -3.78. The third-order valence-electron chi connectivity index (χ3n) is 3.60. The van der Waals surface area contributed by atoms with Crippen molar-refractivity contribution in [1.82, 2.24) is 0 Å². The van der Waals surface area contributed by atoms with E-state index >= 15 is 0 Å². The predicted octanol–water partition coefficient (Wildman–Crippen LogP) is 4.00. The molecule has 0 atom stereocenters. The van der Waals surface area contributed by atoms with Gasteiger partial charge in [-0.25, -0.2) is 0 Å². The Morgan fingerprint density at radius 3 is 1.64 bits per heavy atom. The highest BCUT2D eigenvalue weighted by Crippen LogP contribution is 2.24. The lowest BCUT2D eigenvalue weighted by atomic mass is 10.0. The van der Waals surface area contributed by atoms with E-state index in [0.29, 0.717) is 16.9 Å². The summed E-state index contributed by atoms with van der Waals surface area (Å²) in [4.78, 5) is 10.8. The van der Waals surface area contributed by atoms with Crippen LogP contribution >= 0.6 is 0 Å². The standard InChI is InChI=1S/C20H13N3O2/c21-13-14-1-9-18(10-2-14)22-23-19-11-7-16(8-12-19)15-3-5-17(6-4-15)20(24)25/h1-12H,(H,24,25)/p-1. The molecule has 0 fully saturated rings. The van der Waals surface area contributed by atoms with Crippen molar-refractivity contribution < 1.29 is 9.90 Å². The van der Waals surface area contributed by atoms with Gasteiger partial charge in [0, 0.05) is 0 Å². The molecule has 5 nitrogen and oxygen atoms in total. The average Bonchev–Trinajstić information content (AvgIpc) is 2.67. The number of carbonyl (C=O) groups is 1. The van der Waals surface area contributed by atoms with Gasteiger partial charge in [0.1, 0.15) is 0 Å². The number of hydrogen-bond acceptors (Lipinski definition) is 5. The van der Waals surface area contributed by atoms with Crippen LogP contribution in [0.25, 0.3) is 11.1 Å². The molecule has 0 aliphatic rings. The highest BCUT2D eigenvalue weighted by molar-refractivity contribution is 5.86. The number of nitrogens with zero attached hydrogens (tertiary/aromatic N) is 3. The fourth-order valence-electron chi connectivity index (χ4n) is 2.24. The maximum Gasteiger partial charge on any atom is 0.0991 e. The summed E-state index contributed by atoms with van der Waals surface area (Å²) in [6.45, 7) is 0. The third-order valence-corrected chi connectivity index (χ3v) is 3.60. The summed E-state index contributed by atoms with van der Waals surface area (Å²) in [6.07, 6.45) is 0. The normalized spacial score (nSPS) is 10.5. The molecule has 3 aromatic carbocycles. The van der Waals surface area contributed by atoms with E-state index in [1.807, 2.05) is 24.3 Å². The van der Waals surface area contributed by atoms with Gasteiger partial charge >= 0.3 is 0 Å². The molecule has 25 heavy (non-hydrogen) atoms. The van der Waals surface area contributed by atoms with Gasteiger partial charge in [-0.05, 0) is 53.1 Å². The molecule has 0 radical (unpaired) electrons. The topological polar surface area (TPSA) is 88.6 Å². The first-order valence-corrected chi connectivity index (χ1v) is 7.49. The molecule has 0 saturated heterocycles. The number of aromatic carboxylic acids is 1. The minimum Gasteiger partial charge on any atom is -0.545 e. The van der Waals surface area contributed by atoms with Crippen LogP contribution in [-0.2, 0) is 0 Å². The van der Waals surface area contributed by atoms with E-state index in [2.05, 4.69) is 16.3 Å². The van der Waals surface area contributed by atoms with Crippen molar-refractivity contribution in [2.24, 2.45) is 10.2 Å². The summed E-state index contributed by atoms with van der Waals surface area (Å²) < 4.78 is 0. The predicted molar refractivity (Wildman–Crippen MR) is 91.5 cm³/mol. The zero-order chi connectivity index (χ0) is 17.6. The number of carboxylic acids is 1. The van der Waals surface area contributed by atoms with Crippen molar-refractivity contribution in [2.45, 2.75) is 0 Å². The third kappa shape index (κ3) is 3.95. The largest absolute Gasteiger partial charge is 0.545 e. The summed E-state index contributed by atoms with van der Waals surface area (Å²) in [6, 6.07) is 22.8. The van der Waals surface area contributed by atoms with Crippen LogP contribution < -0.4 is 5.11 Å². The van der Waals surface area contributed by atoms with E-state index in [1.54, 1.807) is 36.4 Å². The van der Waals surface area contributed by atoms with E-state index in [0.717, 1.165) is 11.1 Å². The fourth-order valence-corrected chi connectivity index (χ4v) is 2.24. The average molecular weight is 326 g/mol. The van der Waals surface area contributed by atoms with E-state index in [9.17, 15) is 9.90 Å². The Morgan fingerprint density at radius 1 is 0.760 bits per heavy atom. The van der Waals surface area contributed by atoms with Gasteiger partial charge in [-0.3, -0.25) is 0 Å². The van der Waals surface area contributed by atoms with Gasteiger partial charge in [0.2, 0.25) is 0 Å². The molecule has 0 aliphatic heterocycles. The van der Waals surface area contributed by atoms with Crippen LogP contribution in [0.5, 0.6) is 0 Å². The monoisotopic (exact) mass is 326 g/mol. The van der Waals surface area contributed by atoms with Crippen LogP contribution in [0.1, 0.15) is 15.9 Å². The van der Waals surface area contributed by atoms with Crippen LogP contribution in [0, 0.1) is 11.3 Å². The highest BCUT2D eigenvalue weighted by atomic mass is 16.4. The van der Waals surface area contributed by atoms with Gasteiger partial charge in [0.05, 0.1) is 29.0 Å². The second-order valence-electron chi connectivity index (χ2n) is 5.27. The van der Waals surface area contributed by atoms with E-state index in [1.165, 1.54) is 12.1 Å². The molecule has 0 heterocycles. The summed E-state index contributed by atoms with van der Waals surface area (Å²) in [5.41, 5.74) is 3.94. The zero-order valence-electron chi connectivity index (χ0n) is 13.1. The van der Waals surface area contributed by atoms with E-state index in [4.69, 9.17) is 5.26 Å². The van der Waals surface area contributed by atoms with Crippen molar-refractivity contribution in [1.29, 1.82) is 5.26 Å². The summed E-state index contributed by atoms with van der Waals surface area (Å²) >= 11 is 0. The minimum atomic E-state index is -1.19. The molecule has 3 aromatic rings. The molecule has 0 bridgehead atoms. The number of carbonyl (C=O) groups excluding carboxylic acids is 1. The zero-order valence-corrected chi connectivity index (χ0v) is 13.1. The molecule has 3 rings (SSSR count). The van der Waals surface area contributed by atoms with Crippen LogP contribution in [0.15, 0.2) is 83.0 Å². The summed E-state index contributed by atoms with van der Waals surface area (Å²) in [5, 5.41) is 27.8. The highest BCUT2D eigenvalue weighted by Gasteiger charge is 1.99. The van der Waals surface area contributed by atoms with Gasteiger partial charge in [-0.1, -0.05) is 36.4 Å². The molecule has 0 aliphatic carbocycles. The van der Waals surface area contributed by atoms with Crippen molar-refractivity contribution >= 4 is 17.3 Å². The second-order valence-corrected chi connectivity index (χ2v) is 5.27. The van der Waals surface area contributed by atoms with E-state index in [-0.39, 0.29) is 5.56 Å². The minimum absolute atomic E-state index is 0.150. The lowest BCUT2D eigenvalue weighted by Crippen LogP contribution is -2.21. The maximum atomic E-state index is 10.8. The smallest absolute Gasteiger partial charge is 0.0991 e. The second kappa shape index (κ2) is 7.20. The quantitative estimate of drug-likeness (QED) is 0.679. The van der Waals surface area contributed by atoms with Gasteiger partial charge in [-0.2, -0.15) is 15.5 Å². The Kier molecular flexibility index (Phi) is 4.63. The molecule has 120 valence electrons. The number of carboxylic acid groups (broad SMARTS) is 1. The van der Waals surface area contributed by atoms with Crippen LogP contribution in [-0.4, -0.2) is 5.97 Å². The Bertz CT molecular complexity index is 952. The maximum absolute atomic E-state index is 10.8. The molecular formula is C20H12N3O2-. The number of rotatable bonds is 4. The molecule has 0 N–H and O–H groups in total. The molecule has 0 amide bonds. The number of benzene rings is 3. The molecule has 0 aromatic heterocycles. The van der Waals surface area contributed by atoms with Gasteiger partial charge in [0.15, 0.2) is 0 Å². The van der Waals surface area contributed by atoms with Crippen LogP contribution in [0.2, 0.25) is 0 Å². The first-order valence-electron chi connectivity index (χ1n) is 7.49. The number of azo groups is 1. The Balaban J connectivity index is 1.74. The first kappa shape index (κ1) is 16.1. The molecular weight excluding hydrogens is 314 g/mol. The van der Waals surface area contributed by atoms with Gasteiger partial charge in [-0.15, -0.1) is 0 Å². The van der Waals surface area contributed by atoms with Gasteiger partial charge in [0.25, 0.3) is 0 Å². The molecule has 0 saturated carbocycles. The number of hydrogen-bond donors (Lipinski definition) is 0. The van der Waals surface area contributed by atoms with Gasteiger partial charge < -0.3 is 9.90 Å². The summed E-state index contributed by atoms with van der Waals surface area (Å²) in [7, 11) is 0. The van der Waals surface area contributed by atoms with Crippen LogP contribution in [0.4, 0.5) is 11.4 Å².